The number of amides is 1. The van der Waals surface area contributed by atoms with E-state index in [0.29, 0.717) is 12.2 Å². The highest BCUT2D eigenvalue weighted by Gasteiger charge is 2.22. The standard InChI is InChI=1S/C20H21N3O2/c21-11-2-1-4-13-7-9-14(10-8-13)19-16-12-25-23-20(24)15-5-3-6-17(22-19)18(15)16/h3,5-10,22H,1-2,4,11-12,21H2,(H,23,24). The summed E-state index contributed by atoms with van der Waals surface area (Å²) in [6.07, 6.45) is 3.20. The molecular weight excluding hydrogens is 314 g/mol. The summed E-state index contributed by atoms with van der Waals surface area (Å²) in [6, 6.07) is 14.3. The van der Waals surface area contributed by atoms with Crippen LogP contribution in [0.3, 0.4) is 0 Å². The number of aryl methyl sites for hydroxylation is 1. The van der Waals surface area contributed by atoms with Gasteiger partial charge in [0.15, 0.2) is 0 Å². The zero-order valence-corrected chi connectivity index (χ0v) is 14.0. The van der Waals surface area contributed by atoms with Gasteiger partial charge >= 0.3 is 0 Å². The molecule has 0 radical (unpaired) electrons. The molecular formula is C20H21N3O2. The van der Waals surface area contributed by atoms with Gasteiger partial charge in [-0.25, -0.2) is 5.48 Å². The second kappa shape index (κ2) is 6.70. The second-order valence-electron chi connectivity index (χ2n) is 6.37. The summed E-state index contributed by atoms with van der Waals surface area (Å²) in [4.78, 5) is 21.0. The van der Waals surface area contributed by atoms with E-state index in [1.165, 1.54) is 5.56 Å². The Kier molecular flexibility index (Phi) is 4.26. The lowest BCUT2D eigenvalue weighted by atomic mass is 10.0. The molecule has 0 fully saturated rings. The molecule has 0 unspecified atom stereocenters. The molecule has 4 rings (SSSR count). The number of H-pyrrole nitrogens is 1. The molecule has 1 aliphatic heterocycles. The van der Waals surface area contributed by atoms with Crippen LogP contribution in [0.5, 0.6) is 0 Å². The third kappa shape index (κ3) is 2.92. The fourth-order valence-corrected chi connectivity index (χ4v) is 3.44. The lowest BCUT2D eigenvalue weighted by molar-refractivity contribution is 0.0256. The van der Waals surface area contributed by atoms with E-state index in [4.69, 9.17) is 10.6 Å². The van der Waals surface area contributed by atoms with Gasteiger partial charge in [-0.1, -0.05) is 30.3 Å². The number of benzene rings is 2. The SMILES string of the molecule is NCCCCc1ccc(-c2[nH]c3cccc4c3c2CONC4=O)cc1. The monoisotopic (exact) mass is 335 g/mol. The lowest BCUT2D eigenvalue weighted by Crippen LogP contribution is -2.21. The number of nitrogens with one attached hydrogen (secondary N) is 2. The highest BCUT2D eigenvalue weighted by molar-refractivity contribution is 6.09. The van der Waals surface area contributed by atoms with Crippen LogP contribution in [0.4, 0.5) is 0 Å². The normalized spacial score (nSPS) is 13.7. The molecule has 0 atom stereocenters. The van der Waals surface area contributed by atoms with Crippen molar-refractivity contribution in [3.05, 3.63) is 59.2 Å². The van der Waals surface area contributed by atoms with Crippen molar-refractivity contribution in [2.45, 2.75) is 25.9 Å². The van der Waals surface area contributed by atoms with E-state index in [2.05, 4.69) is 34.7 Å². The first-order valence-electron chi connectivity index (χ1n) is 8.63. The number of aromatic nitrogens is 1. The lowest BCUT2D eigenvalue weighted by Gasteiger charge is -2.06. The van der Waals surface area contributed by atoms with Crippen LogP contribution in [0.25, 0.3) is 22.2 Å². The minimum absolute atomic E-state index is 0.204. The molecule has 2 aromatic carbocycles. The van der Waals surface area contributed by atoms with Gasteiger partial charge in [0.05, 0.1) is 11.3 Å². The van der Waals surface area contributed by atoms with Crippen molar-refractivity contribution in [3.8, 4) is 11.3 Å². The Morgan fingerprint density at radius 2 is 1.92 bits per heavy atom. The maximum Gasteiger partial charge on any atom is 0.275 e. The van der Waals surface area contributed by atoms with E-state index >= 15 is 0 Å². The van der Waals surface area contributed by atoms with Gasteiger partial charge in [0.1, 0.15) is 6.61 Å². The highest BCUT2D eigenvalue weighted by atomic mass is 16.6. The summed E-state index contributed by atoms with van der Waals surface area (Å²) < 4.78 is 0. The van der Waals surface area contributed by atoms with Crippen LogP contribution in [0, 0.1) is 0 Å². The van der Waals surface area contributed by atoms with Crippen molar-refractivity contribution in [1.29, 1.82) is 0 Å². The minimum Gasteiger partial charge on any atom is -0.354 e. The quantitative estimate of drug-likeness (QED) is 0.626. The average molecular weight is 335 g/mol. The Morgan fingerprint density at radius 1 is 1.08 bits per heavy atom. The largest absolute Gasteiger partial charge is 0.354 e. The number of hydrogen-bond acceptors (Lipinski definition) is 3. The van der Waals surface area contributed by atoms with E-state index in [-0.39, 0.29) is 5.91 Å². The Hall–Kier alpha value is -2.63. The van der Waals surface area contributed by atoms with Gasteiger partial charge in [-0.15, -0.1) is 0 Å². The predicted octanol–water partition coefficient (Wildman–Crippen LogP) is 3.29. The second-order valence-corrected chi connectivity index (χ2v) is 6.37. The Morgan fingerprint density at radius 3 is 2.72 bits per heavy atom. The number of hydrogen-bond donors (Lipinski definition) is 3. The maximum atomic E-state index is 12.1. The van der Waals surface area contributed by atoms with Crippen molar-refractivity contribution in [3.63, 3.8) is 0 Å². The van der Waals surface area contributed by atoms with Crippen molar-refractivity contribution in [2.24, 2.45) is 5.73 Å². The molecule has 0 aliphatic carbocycles. The van der Waals surface area contributed by atoms with Crippen LogP contribution in [0.15, 0.2) is 42.5 Å². The summed E-state index contributed by atoms with van der Waals surface area (Å²) in [5.41, 5.74) is 14.1. The molecule has 128 valence electrons. The van der Waals surface area contributed by atoms with Crippen LogP contribution in [0.1, 0.15) is 34.3 Å². The first-order valence-corrected chi connectivity index (χ1v) is 8.63. The smallest absolute Gasteiger partial charge is 0.275 e. The number of aromatic amines is 1. The molecule has 5 nitrogen and oxygen atoms in total. The summed E-state index contributed by atoms with van der Waals surface area (Å²) in [7, 11) is 0. The molecule has 25 heavy (non-hydrogen) atoms. The highest BCUT2D eigenvalue weighted by Crippen LogP contribution is 2.34. The number of carbonyl (C=O) groups excluding carboxylic acids is 1. The van der Waals surface area contributed by atoms with Gasteiger partial charge in [-0.05, 0) is 49.1 Å². The third-order valence-electron chi connectivity index (χ3n) is 4.72. The molecule has 0 spiro atoms. The van der Waals surface area contributed by atoms with Crippen molar-refractivity contribution in [2.75, 3.05) is 6.54 Å². The third-order valence-corrected chi connectivity index (χ3v) is 4.72. The molecule has 5 heteroatoms. The summed E-state index contributed by atoms with van der Waals surface area (Å²) >= 11 is 0. The minimum atomic E-state index is -0.204. The molecule has 0 saturated heterocycles. The summed E-state index contributed by atoms with van der Waals surface area (Å²) in [5.74, 6) is -0.204. The van der Waals surface area contributed by atoms with Crippen LogP contribution >= 0.6 is 0 Å². The number of carbonyl (C=O) groups is 1. The Labute approximate surface area is 146 Å². The zero-order chi connectivity index (χ0) is 17.2. The van der Waals surface area contributed by atoms with E-state index in [1.807, 2.05) is 18.2 Å². The van der Waals surface area contributed by atoms with Crippen molar-refractivity contribution in [1.82, 2.24) is 10.5 Å². The summed E-state index contributed by atoms with van der Waals surface area (Å²) in [5, 5.41) is 0.944. The zero-order valence-electron chi connectivity index (χ0n) is 14.0. The molecule has 0 saturated carbocycles. The van der Waals surface area contributed by atoms with Gasteiger partial charge in [-0.2, -0.15) is 0 Å². The molecule has 1 amide bonds. The van der Waals surface area contributed by atoms with Gasteiger partial charge < -0.3 is 10.7 Å². The number of unbranched alkanes of at least 4 members (excludes halogenated alkanes) is 1. The van der Waals surface area contributed by atoms with E-state index in [9.17, 15) is 4.79 Å². The van der Waals surface area contributed by atoms with Gasteiger partial charge in [0, 0.05) is 16.5 Å². The van der Waals surface area contributed by atoms with Gasteiger partial charge in [0.2, 0.25) is 0 Å². The topological polar surface area (TPSA) is 80.1 Å². The predicted molar refractivity (Wildman–Crippen MR) is 98.0 cm³/mol. The fraction of sp³-hybridized carbons (Fsp3) is 0.250. The van der Waals surface area contributed by atoms with Crippen LogP contribution in [-0.2, 0) is 17.9 Å². The maximum absolute atomic E-state index is 12.1. The fourth-order valence-electron chi connectivity index (χ4n) is 3.44. The van der Waals surface area contributed by atoms with Crippen LogP contribution in [-0.4, -0.2) is 17.4 Å². The van der Waals surface area contributed by atoms with E-state index in [0.717, 1.165) is 53.5 Å². The van der Waals surface area contributed by atoms with Crippen molar-refractivity contribution >= 4 is 16.8 Å². The first-order chi connectivity index (χ1) is 12.3. The van der Waals surface area contributed by atoms with E-state index in [1.54, 1.807) is 0 Å². The number of rotatable bonds is 5. The van der Waals surface area contributed by atoms with Crippen LogP contribution in [0.2, 0.25) is 0 Å². The molecule has 2 heterocycles. The molecule has 0 bridgehead atoms. The number of hydroxylamine groups is 1. The first kappa shape index (κ1) is 15.9. The molecule has 4 N–H and O–H groups in total. The van der Waals surface area contributed by atoms with Crippen LogP contribution < -0.4 is 11.2 Å². The number of nitrogens with two attached hydrogens (primary N) is 1. The van der Waals surface area contributed by atoms with Gasteiger partial charge in [-0.3, -0.25) is 9.63 Å². The molecule has 1 aliphatic rings. The Balaban J connectivity index is 1.73. The van der Waals surface area contributed by atoms with Crippen molar-refractivity contribution < 1.29 is 9.63 Å². The summed E-state index contributed by atoms with van der Waals surface area (Å²) in [6.45, 7) is 1.09. The average Bonchev–Trinajstić information content (AvgIpc) is 2.92. The van der Waals surface area contributed by atoms with Gasteiger partial charge in [0.25, 0.3) is 5.91 Å². The molecule has 3 aromatic rings. The Bertz CT molecular complexity index is 913. The molecule has 1 aromatic heterocycles. The van der Waals surface area contributed by atoms with E-state index < -0.39 is 0 Å².